The first-order valence-corrected chi connectivity index (χ1v) is 7.86. The fourth-order valence-electron chi connectivity index (χ4n) is 2.32. The molecule has 1 amide bonds. The van der Waals surface area contributed by atoms with Crippen LogP contribution in [0.3, 0.4) is 0 Å². The quantitative estimate of drug-likeness (QED) is 0.731. The molecular formula is C20H16N4O2. The highest BCUT2D eigenvalue weighted by Gasteiger charge is 2.09. The molecule has 3 aromatic rings. The molecule has 6 heteroatoms. The molecule has 2 aromatic carbocycles. The van der Waals surface area contributed by atoms with Crippen molar-refractivity contribution in [3.05, 3.63) is 78.1 Å². The zero-order valence-corrected chi connectivity index (χ0v) is 14.1. The number of nitrogens with zero attached hydrogens (tertiary/aromatic N) is 2. The first-order chi connectivity index (χ1) is 12.7. The maximum Gasteiger partial charge on any atom is 0.274 e. The van der Waals surface area contributed by atoms with Gasteiger partial charge in [0.15, 0.2) is 0 Å². The zero-order valence-electron chi connectivity index (χ0n) is 14.1. The molecule has 6 nitrogen and oxygen atoms in total. The monoisotopic (exact) mass is 344 g/mol. The average molecular weight is 344 g/mol. The summed E-state index contributed by atoms with van der Waals surface area (Å²) in [5.41, 5.74) is 2.99. The largest absolute Gasteiger partial charge is 0.497 e. The molecule has 0 atom stereocenters. The number of carbonyl (C=O) groups excluding carboxylic acids is 1. The van der Waals surface area contributed by atoms with Crippen LogP contribution in [-0.2, 0) is 0 Å². The third-order valence-electron chi connectivity index (χ3n) is 3.62. The first kappa shape index (κ1) is 17.0. The highest BCUT2D eigenvalue weighted by molar-refractivity contribution is 6.03. The number of rotatable bonds is 5. The number of carbonyl (C=O) groups is 1. The Kier molecular flexibility index (Phi) is 5.11. The normalized spacial score (nSPS) is 9.85. The van der Waals surface area contributed by atoms with Crippen LogP contribution in [0.2, 0.25) is 0 Å². The predicted octanol–water partition coefficient (Wildman–Crippen LogP) is 3.96. The van der Waals surface area contributed by atoms with Crippen LogP contribution in [0.5, 0.6) is 5.75 Å². The third-order valence-corrected chi connectivity index (χ3v) is 3.62. The van der Waals surface area contributed by atoms with Crippen molar-refractivity contribution in [2.24, 2.45) is 0 Å². The number of amides is 1. The Morgan fingerprint density at radius 2 is 1.81 bits per heavy atom. The Labute approximate surface area is 151 Å². The van der Waals surface area contributed by atoms with Gasteiger partial charge in [-0.1, -0.05) is 6.07 Å². The molecule has 26 heavy (non-hydrogen) atoms. The van der Waals surface area contributed by atoms with Gasteiger partial charge in [-0.05, 0) is 48.5 Å². The first-order valence-electron chi connectivity index (χ1n) is 7.86. The van der Waals surface area contributed by atoms with Crippen LogP contribution >= 0.6 is 0 Å². The molecule has 0 aliphatic heterocycles. The number of anilines is 3. The van der Waals surface area contributed by atoms with Gasteiger partial charge in [-0.2, -0.15) is 5.26 Å². The topological polar surface area (TPSA) is 87.0 Å². The number of hydrogen-bond donors (Lipinski definition) is 2. The summed E-state index contributed by atoms with van der Waals surface area (Å²) >= 11 is 0. The molecule has 1 aromatic heterocycles. The van der Waals surface area contributed by atoms with E-state index in [1.807, 2.05) is 30.3 Å². The van der Waals surface area contributed by atoms with Crippen molar-refractivity contribution < 1.29 is 9.53 Å². The van der Waals surface area contributed by atoms with Crippen molar-refractivity contribution in [1.29, 1.82) is 5.26 Å². The van der Waals surface area contributed by atoms with Gasteiger partial charge in [0, 0.05) is 29.3 Å². The number of methoxy groups -OCH3 is 1. The molecule has 1 heterocycles. The summed E-state index contributed by atoms with van der Waals surface area (Å²) in [5.74, 6) is 0.409. The Balaban J connectivity index is 1.73. The van der Waals surface area contributed by atoms with Crippen molar-refractivity contribution in [3.63, 3.8) is 0 Å². The molecule has 0 aliphatic rings. The Morgan fingerprint density at radius 1 is 1.04 bits per heavy atom. The fraction of sp³-hybridized carbons (Fsp3) is 0.0500. The minimum atomic E-state index is -0.330. The Bertz CT molecular complexity index is 962. The minimum absolute atomic E-state index is 0.280. The van der Waals surface area contributed by atoms with Gasteiger partial charge >= 0.3 is 0 Å². The SMILES string of the molecule is COc1cccc(Nc2ccnc(C(=O)Nc3ccc(C#N)cc3)c2)c1. The average Bonchev–Trinajstić information content (AvgIpc) is 2.69. The van der Waals surface area contributed by atoms with Gasteiger partial charge in [0.1, 0.15) is 11.4 Å². The van der Waals surface area contributed by atoms with Crippen molar-refractivity contribution >= 4 is 23.0 Å². The number of benzene rings is 2. The molecule has 0 aliphatic carbocycles. The van der Waals surface area contributed by atoms with Crippen LogP contribution in [0.4, 0.5) is 17.1 Å². The van der Waals surface area contributed by atoms with Crippen LogP contribution in [0.15, 0.2) is 66.9 Å². The predicted molar refractivity (Wildman–Crippen MR) is 99.6 cm³/mol. The van der Waals surface area contributed by atoms with Gasteiger partial charge in [0.25, 0.3) is 5.91 Å². The molecule has 3 rings (SSSR count). The molecule has 0 saturated carbocycles. The van der Waals surface area contributed by atoms with E-state index in [0.29, 0.717) is 11.3 Å². The van der Waals surface area contributed by atoms with Crippen LogP contribution in [0.25, 0.3) is 0 Å². The van der Waals surface area contributed by atoms with Crippen LogP contribution < -0.4 is 15.4 Å². The second-order valence-electron chi connectivity index (χ2n) is 5.43. The lowest BCUT2D eigenvalue weighted by Gasteiger charge is -2.09. The maximum atomic E-state index is 12.4. The summed E-state index contributed by atoms with van der Waals surface area (Å²) in [6.07, 6.45) is 1.57. The van der Waals surface area contributed by atoms with Crippen LogP contribution in [0, 0.1) is 11.3 Å². The van der Waals surface area contributed by atoms with Crippen molar-refractivity contribution in [2.75, 3.05) is 17.7 Å². The lowest BCUT2D eigenvalue weighted by Crippen LogP contribution is -2.13. The molecule has 0 spiro atoms. The van der Waals surface area contributed by atoms with E-state index in [-0.39, 0.29) is 11.6 Å². The molecule has 0 radical (unpaired) electrons. The lowest BCUT2D eigenvalue weighted by molar-refractivity contribution is 0.102. The minimum Gasteiger partial charge on any atom is -0.497 e. The summed E-state index contributed by atoms with van der Waals surface area (Å²) < 4.78 is 5.20. The van der Waals surface area contributed by atoms with E-state index >= 15 is 0 Å². The van der Waals surface area contributed by atoms with E-state index in [1.165, 1.54) is 0 Å². The Hall–Kier alpha value is -3.85. The summed E-state index contributed by atoms with van der Waals surface area (Å²) in [4.78, 5) is 16.5. The van der Waals surface area contributed by atoms with Crippen molar-refractivity contribution in [1.82, 2.24) is 4.98 Å². The van der Waals surface area contributed by atoms with E-state index in [1.54, 1.807) is 49.7 Å². The van der Waals surface area contributed by atoms with E-state index < -0.39 is 0 Å². The molecule has 0 saturated heterocycles. The lowest BCUT2D eigenvalue weighted by atomic mass is 10.2. The number of aromatic nitrogens is 1. The number of nitrogens with one attached hydrogen (secondary N) is 2. The number of ether oxygens (including phenoxy) is 1. The number of nitriles is 1. The molecule has 0 unspecified atom stereocenters. The van der Waals surface area contributed by atoms with E-state index in [2.05, 4.69) is 15.6 Å². The molecule has 0 bridgehead atoms. The summed E-state index contributed by atoms with van der Waals surface area (Å²) in [6.45, 7) is 0. The standard InChI is InChI=1S/C20H16N4O2/c1-26-18-4-2-3-16(11-18)23-17-9-10-22-19(12-17)20(25)24-15-7-5-14(13-21)6-8-15/h2-12H,1H3,(H,22,23)(H,24,25). The molecule has 0 fully saturated rings. The van der Waals surface area contributed by atoms with E-state index in [9.17, 15) is 4.79 Å². The molecule has 128 valence electrons. The van der Waals surface area contributed by atoms with E-state index in [4.69, 9.17) is 10.00 Å². The van der Waals surface area contributed by atoms with Gasteiger partial charge in [-0.25, -0.2) is 0 Å². The van der Waals surface area contributed by atoms with Crippen molar-refractivity contribution in [3.8, 4) is 11.8 Å². The number of pyridine rings is 1. The van der Waals surface area contributed by atoms with Crippen molar-refractivity contribution in [2.45, 2.75) is 0 Å². The Morgan fingerprint density at radius 3 is 2.54 bits per heavy atom. The van der Waals surface area contributed by atoms with Gasteiger partial charge in [0.2, 0.25) is 0 Å². The summed E-state index contributed by atoms with van der Waals surface area (Å²) in [5, 5.41) is 14.8. The molecular weight excluding hydrogens is 328 g/mol. The highest BCUT2D eigenvalue weighted by Crippen LogP contribution is 2.21. The second-order valence-corrected chi connectivity index (χ2v) is 5.43. The van der Waals surface area contributed by atoms with Crippen LogP contribution in [-0.4, -0.2) is 18.0 Å². The van der Waals surface area contributed by atoms with Gasteiger partial charge in [-0.3, -0.25) is 9.78 Å². The van der Waals surface area contributed by atoms with Crippen LogP contribution in [0.1, 0.15) is 16.1 Å². The fourth-order valence-corrected chi connectivity index (χ4v) is 2.32. The number of hydrogen-bond acceptors (Lipinski definition) is 5. The second kappa shape index (κ2) is 7.81. The van der Waals surface area contributed by atoms with Gasteiger partial charge in [0.05, 0.1) is 18.7 Å². The maximum absolute atomic E-state index is 12.4. The van der Waals surface area contributed by atoms with Gasteiger partial charge in [-0.15, -0.1) is 0 Å². The summed E-state index contributed by atoms with van der Waals surface area (Å²) in [7, 11) is 1.61. The third kappa shape index (κ3) is 4.16. The molecule has 2 N–H and O–H groups in total. The van der Waals surface area contributed by atoms with Gasteiger partial charge < -0.3 is 15.4 Å². The zero-order chi connectivity index (χ0) is 18.4. The highest BCUT2D eigenvalue weighted by atomic mass is 16.5. The van der Waals surface area contributed by atoms with E-state index in [0.717, 1.165) is 17.1 Å². The smallest absolute Gasteiger partial charge is 0.274 e. The summed E-state index contributed by atoms with van der Waals surface area (Å²) in [6, 6.07) is 19.6.